The first-order valence-corrected chi connectivity index (χ1v) is 11.8. The molecule has 5 aromatic carbocycles. The molecular formula is C31H20BrN. The van der Waals surface area contributed by atoms with Crippen molar-refractivity contribution >= 4 is 37.5 Å². The minimum Gasteiger partial charge on any atom is -0.264 e. The molecule has 0 spiro atoms. The van der Waals surface area contributed by atoms with Gasteiger partial charge in [-0.2, -0.15) is 0 Å². The third kappa shape index (κ3) is 3.53. The van der Waals surface area contributed by atoms with Gasteiger partial charge < -0.3 is 0 Å². The molecular weight excluding hydrogens is 466 g/mol. The number of benzene rings is 5. The van der Waals surface area contributed by atoms with Crippen LogP contribution in [-0.4, -0.2) is 4.98 Å². The summed E-state index contributed by atoms with van der Waals surface area (Å²) in [5, 5.41) is 4.99. The first kappa shape index (κ1) is 19.9. The van der Waals surface area contributed by atoms with E-state index in [0.717, 1.165) is 10.0 Å². The van der Waals surface area contributed by atoms with Gasteiger partial charge in [-0.25, -0.2) is 0 Å². The summed E-state index contributed by atoms with van der Waals surface area (Å²) in [5.74, 6) is 0. The molecule has 6 rings (SSSR count). The van der Waals surface area contributed by atoms with E-state index in [1.54, 1.807) is 0 Å². The summed E-state index contributed by atoms with van der Waals surface area (Å²) in [5.41, 5.74) is 7.26. The number of hydrogen-bond donors (Lipinski definition) is 0. The highest BCUT2D eigenvalue weighted by Gasteiger charge is 2.17. The summed E-state index contributed by atoms with van der Waals surface area (Å²) >= 11 is 3.72. The minimum atomic E-state index is 1.08. The van der Waals surface area contributed by atoms with Crippen LogP contribution in [0, 0.1) is 0 Å². The van der Waals surface area contributed by atoms with Crippen LogP contribution in [0.3, 0.4) is 0 Å². The lowest BCUT2D eigenvalue weighted by Gasteiger charge is -2.19. The van der Waals surface area contributed by atoms with Crippen molar-refractivity contribution < 1.29 is 0 Å². The van der Waals surface area contributed by atoms with Crippen molar-refractivity contribution in [2.75, 3.05) is 0 Å². The Kier molecular flexibility index (Phi) is 5.01. The molecule has 0 amide bonds. The Bertz CT molecular complexity index is 1590. The molecule has 6 aromatic rings. The van der Waals surface area contributed by atoms with Gasteiger partial charge in [0.1, 0.15) is 0 Å². The van der Waals surface area contributed by atoms with Crippen LogP contribution >= 0.6 is 15.9 Å². The van der Waals surface area contributed by atoms with Crippen LogP contribution in [0.5, 0.6) is 0 Å². The second kappa shape index (κ2) is 8.31. The van der Waals surface area contributed by atoms with Gasteiger partial charge in [0, 0.05) is 22.4 Å². The van der Waals surface area contributed by atoms with Crippen molar-refractivity contribution in [3.8, 4) is 33.4 Å². The van der Waals surface area contributed by atoms with Crippen molar-refractivity contribution in [1.82, 2.24) is 4.98 Å². The lowest BCUT2D eigenvalue weighted by molar-refractivity contribution is 1.33. The molecule has 0 N–H and O–H groups in total. The highest BCUT2D eigenvalue weighted by Crippen LogP contribution is 2.45. The Morgan fingerprint density at radius 1 is 0.455 bits per heavy atom. The Hall–Kier alpha value is -3.75. The van der Waals surface area contributed by atoms with E-state index < -0.39 is 0 Å². The van der Waals surface area contributed by atoms with Crippen molar-refractivity contribution in [1.29, 1.82) is 0 Å². The number of halogens is 1. The molecule has 1 heterocycles. The van der Waals surface area contributed by atoms with Crippen LogP contribution in [-0.2, 0) is 0 Å². The van der Waals surface area contributed by atoms with Crippen molar-refractivity contribution in [2.45, 2.75) is 0 Å². The highest BCUT2D eigenvalue weighted by molar-refractivity contribution is 9.10. The van der Waals surface area contributed by atoms with Crippen LogP contribution < -0.4 is 0 Å². The van der Waals surface area contributed by atoms with Crippen LogP contribution in [0.4, 0.5) is 0 Å². The van der Waals surface area contributed by atoms with Crippen LogP contribution in [0.25, 0.3) is 54.9 Å². The van der Waals surface area contributed by atoms with Gasteiger partial charge in [-0.1, -0.05) is 101 Å². The van der Waals surface area contributed by atoms with Crippen LogP contribution in [0.15, 0.2) is 126 Å². The lowest BCUT2D eigenvalue weighted by Crippen LogP contribution is -1.92. The first-order chi connectivity index (χ1) is 16.3. The third-order valence-electron chi connectivity index (χ3n) is 6.20. The zero-order valence-electron chi connectivity index (χ0n) is 17.9. The molecule has 0 aliphatic rings. The summed E-state index contributed by atoms with van der Waals surface area (Å²) in [6, 6.07) is 38.9. The molecule has 0 fully saturated rings. The molecule has 2 heteroatoms. The number of rotatable bonds is 3. The van der Waals surface area contributed by atoms with Crippen molar-refractivity contribution in [3.63, 3.8) is 0 Å². The van der Waals surface area contributed by atoms with E-state index in [1.807, 2.05) is 18.5 Å². The first-order valence-electron chi connectivity index (χ1n) is 11.0. The minimum absolute atomic E-state index is 1.08. The quantitative estimate of drug-likeness (QED) is 0.227. The van der Waals surface area contributed by atoms with Gasteiger partial charge in [0.2, 0.25) is 0 Å². The van der Waals surface area contributed by atoms with Crippen LogP contribution in [0.1, 0.15) is 0 Å². The van der Waals surface area contributed by atoms with Gasteiger partial charge in [-0.15, -0.1) is 0 Å². The van der Waals surface area contributed by atoms with Gasteiger partial charge in [-0.3, -0.25) is 4.98 Å². The average Bonchev–Trinajstić information content (AvgIpc) is 2.88. The Morgan fingerprint density at radius 2 is 1.03 bits per heavy atom. The maximum atomic E-state index is 4.34. The fourth-order valence-corrected chi connectivity index (χ4v) is 5.11. The van der Waals surface area contributed by atoms with Gasteiger partial charge in [0.15, 0.2) is 0 Å². The number of aromatic nitrogens is 1. The summed E-state index contributed by atoms with van der Waals surface area (Å²) in [6.07, 6.45) is 3.75. The lowest BCUT2D eigenvalue weighted by atomic mass is 9.85. The Labute approximate surface area is 201 Å². The summed E-state index contributed by atoms with van der Waals surface area (Å²) in [4.78, 5) is 4.34. The van der Waals surface area contributed by atoms with Gasteiger partial charge >= 0.3 is 0 Å². The molecule has 0 saturated carbocycles. The molecule has 0 bridgehead atoms. The molecule has 0 atom stereocenters. The topological polar surface area (TPSA) is 12.9 Å². The molecule has 33 heavy (non-hydrogen) atoms. The number of pyridine rings is 1. The van der Waals surface area contributed by atoms with E-state index >= 15 is 0 Å². The second-order valence-electron chi connectivity index (χ2n) is 8.17. The molecule has 0 saturated heterocycles. The van der Waals surface area contributed by atoms with Gasteiger partial charge in [-0.05, 0) is 73.6 Å². The van der Waals surface area contributed by atoms with E-state index in [2.05, 4.69) is 124 Å². The Morgan fingerprint density at radius 3 is 1.64 bits per heavy atom. The average molecular weight is 486 g/mol. The normalized spacial score (nSPS) is 11.2. The molecule has 1 aromatic heterocycles. The maximum absolute atomic E-state index is 4.34. The summed E-state index contributed by atoms with van der Waals surface area (Å²) in [7, 11) is 0. The fraction of sp³-hybridized carbons (Fsp3) is 0. The van der Waals surface area contributed by atoms with E-state index in [0.29, 0.717) is 0 Å². The SMILES string of the molecule is Brc1ccc2c(-c3ccccc3)c3cc(-c4cccnc4)ccc3c(-c3ccccc3)c2c1. The number of hydrogen-bond acceptors (Lipinski definition) is 1. The summed E-state index contributed by atoms with van der Waals surface area (Å²) in [6.45, 7) is 0. The summed E-state index contributed by atoms with van der Waals surface area (Å²) < 4.78 is 1.08. The molecule has 0 aliphatic heterocycles. The maximum Gasteiger partial charge on any atom is 0.0346 e. The zero-order valence-corrected chi connectivity index (χ0v) is 19.5. The van der Waals surface area contributed by atoms with E-state index in [9.17, 15) is 0 Å². The zero-order chi connectivity index (χ0) is 22.2. The third-order valence-corrected chi connectivity index (χ3v) is 6.69. The molecule has 0 radical (unpaired) electrons. The molecule has 156 valence electrons. The number of nitrogens with zero attached hydrogens (tertiary/aromatic N) is 1. The van der Waals surface area contributed by atoms with Gasteiger partial charge in [0.05, 0.1) is 0 Å². The number of fused-ring (bicyclic) bond motifs is 2. The predicted molar refractivity (Wildman–Crippen MR) is 143 cm³/mol. The molecule has 1 nitrogen and oxygen atoms in total. The largest absolute Gasteiger partial charge is 0.264 e. The van der Waals surface area contributed by atoms with E-state index in [-0.39, 0.29) is 0 Å². The second-order valence-corrected chi connectivity index (χ2v) is 9.09. The van der Waals surface area contributed by atoms with Crippen molar-refractivity contribution in [2.24, 2.45) is 0 Å². The highest BCUT2D eigenvalue weighted by atomic mass is 79.9. The predicted octanol–water partition coefficient (Wildman–Crippen LogP) is 9.15. The van der Waals surface area contributed by atoms with E-state index in [4.69, 9.17) is 0 Å². The Balaban J connectivity index is 1.81. The molecule has 0 aliphatic carbocycles. The fourth-order valence-electron chi connectivity index (χ4n) is 4.75. The van der Waals surface area contributed by atoms with E-state index in [1.165, 1.54) is 49.4 Å². The standard InChI is InChI=1S/C31H20BrN/c32-25-14-16-27-29(19-25)31(22-10-5-2-6-11-22)26-15-13-23(24-12-7-17-33-20-24)18-28(26)30(27)21-8-3-1-4-9-21/h1-20H. The van der Waals surface area contributed by atoms with Crippen molar-refractivity contribution in [3.05, 3.63) is 126 Å². The smallest absolute Gasteiger partial charge is 0.0346 e. The van der Waals surface area contributed by atoms with Gasteiger partial charge in [0.25, 0.3) is 0 Å². The monoisotopic (exact) mass is 485 g/mol. The molecule has 0 unspecified atom stereocenters. The van der Waals surface area contributed by atoms with Crippen LogP contribution in [0.2, 0.25) is 0 Å².